The van der Waals surface area contributed by atoms with Gasteiger partial charge in [-0.25, -0.2) is 9.97 Å². The molecule has 3 rings (SSSR count). The van der Waals surface area contributed by atoms with Crippen molar-refractivity contribution >= 4 is 35.1 Å². The molecule has 0 aliphatic rings. The van der Waals surface area contributed by atoms with Gasteiger partial charge in [0.15, 0.2) is 0 Å². The topological polar surface area (TPSA) is 54.9 Å². The summed E-state index contributed by atoms with van der Waals surface area (Å²) in [6.07, 6.45) is 3.38. The van der Waals surface area contributed by atoms with Crippen molar-refractivity contribution in [3.63, 3.8) is 0 Å². The molecule has 0 aliphatic carbocycles. The van der Waals surface area contributed by atoms with Crippen molar-refractivity contribution in [2.75, 3.05) is 5.32 Å². The van der Waals surface area contributed by atoms with E-state index in [1.54, 1.807) is 30.6 Å². The lowest BCUT2D eigenvalue weighted by Gasteiger charge is -2.09. The molecular formula is C18H14ClN3OS. The van der Waals surface area contributed by atoms with E-state index in [0.29, 0.717) is 21.4 Å². The van der Waals surface area contributed by atoms with Gasteiger partial charge in [0.25, 0.3) is 5.91 Å². The van der Waals surface area contributed by atoms with Crippen molar-refractivity contribution in [1.29, 1.82) is 0 Å². The maximum absolute atomic E-state index is 12.5. The second-order valence-electron chi connectivity index (χ2n) is 5.09. The molecule has 6 heteroatoms. The highest BCUT2D eigenvalue weighted by Gasteiger charge is 2.14. The number of nitrogens with zero attached hydrogens (tertiary/aromatic N) is 2. The fourth-order valence-electron chi connectivity index (χ4n) is 1.98. The molecule has 0 unspecified atom stereocenters. The molecule has 2 aromatic heterocycles. The standard InChI is InChI=1S/C18H14ClN3OS/c1-12-4-9-16(21-11-12)22-17(23)15-3-2-10-20-18(15)24-14-7-5-13(19)6-8-14/h2-11H,1H3,(H,21,22,23). The van der Waals surface area contributed by atoms with Gasteiger partial charge < -0.3 is 5.32 Å². The molecule has 0 radical (unpaired) electrons. The van der Waals surface area contributed by atoms with Crippen LogP contribution in [0.2, 0.25) is 5.02 Å². The van der Waals surface area contributed by atoms with Crippen LogP contribution >= 0.6 is 23.4 Å². The lowest BCUT2D eigenvalue weighted by atomic mass is 10.2. The Morgan fingerprint density at radius 3 is 2.58 bits per heavy atom. The van der Waals surface area contributed by atoms with Gasteiger partial charge in [-0.2, -0.15) is 0 Å². The molecule has 2 heterocycles. The first kappa shape index (κ1) is 16.5. The number of aromatic nitrogens is 2. The Morgan fingerprint density at radius 1 is 1.08 bits per heavy atom. The Kier molecular flexibility index (Phi) is 5.13. The summed E-state index contributed by atoms with van der Waals surface area (Å²) in [5.41, 5.74) is 1.54. The van der Waals surface area contributed by atoms with E-state index in [4.69, 9.17) is 11.6 Å². The number of hydrogen-bond donors (Lipinski definition) is 1. The van der Waals surface area contributed by atoms with E-state index in [9.17, 15) is 4.79 Å². The van der Waals surface area contributed by atoms with E-state index in [0.717, 1.165) is 10.5 Å². The average Bonchev–Trinajstić information content (AvgIpc) is 2.59. The van der Waals surface area contributed by atoms with Gasteiger partial charge in [0.05, 0.1) is 5.56 Å². The van der Waals surface area contributed by atoms with Crippen molar-refractivity contribution in [2.45, 2.75) is 16.8 Å². The van der Waals surface area contributed by atoms with Crippen LogP contribution in [0.4, 0.5) is 5.82 Å². The molecule has 0 saturated carbocycles. The second kappa shape index (κ2) is 7.47. The van der Waals surface area contributed by atoms with E-state index < -0.39 is 0 Å². The molecule has 0 fully saturated rings. The van der Waals surface area contributed by atoms with Gasteiger partial charge in [0.2, 0.25) is 0 Å². The van der Waals surface area contributed by atoms with Crippen LogP contribution in [0.25, 0.3) is 0 Å². The maximum atomic E-state index is 12.5. The van der Waals surface area contributed by atoms with Gasteiger partial charge in [-0.05, 0) is 55.0 Å². The molecule has 24 heavy (non-hydrogen) atoms. The molecule has 0 atom stereocenters. The predicted octanol–water partition coefficient (Wildman–Crippen LogP) is 4.84. The predicted molar refractivity (Wildman–Crippen MR) is 96.7 cm³/mol. The van der Waals surface area contributed by atoms with Crippen LogP contribution in [0.1, 0.15) is 15.9 Å². The molecule has 0 saturated heterocycles. The van der Waals surface area contributed by atoms with Gasteiger partial charge in [-0.15, -0.1) is 0 Å². The van der Waals surface area contributed by atoms with Crippen molar-refractivity contribution < 1.29 is 4.79 Å². The van der Waals surface area contributed by atoms with Crippen LogP contribution in [0.15, 0.2) is 70.8 Å². The Hall–Kier alpha value is -2.37. The second-order valence-corrected chi connectivity index (χ2v) is 6.59. The zero-order valence-electron chi connectivity index (χ0n) is 12.9. The molecule has 1 aromatic carbocycles. The summed E-state index contributed by atoms with van der Waals surface area (Å²) in [6, 6.07) is 14.6. The lowest BCUT2D eigenvalue weighted by Crippen LogP contribution is -2.14. The fourth-order valence-corrected chi connectivity index (χ4v) is 2.99. The van der Waals surface area contributed by atoms with E-state index in [1.807, 2.05) is 37.3 Å². The number of nitrogens with one attached hydrogen (secondary N) is 1. The normalized spacial score (nSPS) is 10.4. The Bertz CT molecular complexity index is 851. The minimum atomic E-state index is -0.240. The quantitative estimate of drug-likeness (QED) is 0.727. The number of halogens is 1. The van der Waals surface area contributed by atoms with Gasteiger partial charge in [-0.1, -0.05) is 29.4 Å². The smallest absolute Gasteiger partial charge is 0.259 e. The lowest BCUT2D eigenvalue weighted by molar-refractivity contribution is 0.102. The number of amides is 1. The molecule has 1 N–H and O–H groups in total. The highest BCUT2D eigenvalue weighted by atomic mass is 35.5. The van der Waals surface area contributed by atoms with Crippen molar-refractivity contribution in [1.82, 2.24) is 9.97 Å². The van der Waals surface area contributed by atoms with Crippen LogP contribution in [-0.2, 0) is 0 Å². The molecule has 120 valence electrons. The van der Waals surface area contributed by atoms with Gasteiger partial charge >= 0.3 is 0 Å². The third-order valence-electron chi connectivity index (χ3n) is 3.20. The molecule has 0 aliphatic heterocycles. The largest absolute Gasteiger partial charge is 0.306 e. The van der Waals surface area contributed by atoms with Crippen LogP contribution in [0.5, 0.6) is 0 Å². The third kappa shape index (κ3) is 4.13. The summed E-state index contributed by atoms with van der Waals surface area (Å²) in [5.74, 6) is 0.271. The number of hydrogen-bond acceptors (Lipinski definition) is 4. The SMILES string of the molecule is Cc1ccc(NC(=O)c2cccnc2Sc2ccc(Cl)cc2)nc1. The molecule has 3 aromatic rings. The van der Waals surface area contributed by atoms with Crippen LogP contribution < -0.4 is 5.32 Å². The van der Waals surface area contributed by atoms with E-state index in [-0.39, 0.29) is 5.91 Å². The number of anilines is 1. The van der Waals surface area contributed by atoms with E-state index in [2.05, 4.69) is 15.3 Å². The summed E-state index contributed by atoms with van der Waals surface area (Å²) >= 11 is 7.32. The minimum absolute atomic E-state index is 0.240. The summed E-state index contributed by atoms with van der Waals surface area (Å²) < 4.78 is 0. The number of carbonyl (C=O) groups is 1. The molecular weight excluding hydrogens is 342 g/mol. The summed E-state index contributed by atoms with van der Waals surface area (Å²) in [4.78, 5) is 22.0. The van der Waals surface area contributed by atoms with Crippen LogP contribution in [-0.4, -0.2) is 15.9 Å². The first-order valence-electron chi connectivity index (χ1n) is 7.24. The van der Waals surface area contributed by atoms with Crippen molar-refractivity contribution in [3.05, 3.63) is 77.1 Å². The number of carbonyl (C=O) groups excluding carboxylic acids is 1. The third-order valence-corrected chi connectivity index (χ3v) is 4.48. The Morgan fingerprint density at radius 2 is 1.88 bits per heavy atom. The molecule has 4 nitrogen and oxygen atoms in total. The minimum Gasteiger partial charge on any atom is -0.306 e. The number of benzene rings is 1. The van der Waals surface area contributed by atoms with Crippen LogP contribution in [0.3, 0.4) is 0 Å². The Labute approximate surface area is 149 Å². The summed E-state index contributed by atoms with van der Waals surface area (Å²) in [7, 11) is 0. The number of aryl methyl sites for hydroxylation is 1. The Balaban J connectivity index is 1.81. The monoisotopic (exact) mass is 355 g/mol. The first-order valence-corrected chi connectivity index (χ1v) is 8.44. The van der Waals surface area contributed by atoms with Crippen molar-refractivity contribution in [3.8, 4) is 0 Å². The van der Waals surface area contributed by atoms with Crippen LogP contribution in [0, 0.1) is 6.92 Å². The van der Waals surface area contributed by atoms with Crippen molar-refractivity contribution in [2.24, 2.45) is 0 Å². The van der Waals surface area contributed by atoms with Gasteiger partial charge in [0.1, 0.15) is 10.8 Å². The highest BCUT2D eigenvalue weighted by Crippen LogP contribution is 2.29. The highest BCUT2D eigenvalue weighted by molar-refractivity contribution is 7.99. The molecule has 0 bridgehead atoms. The molecule has 0 spiro atoms. The zero-order valence-corrected chi connectivity index (χ0v) is 14.4. The van der Waals surface area contributed by atoms with Gasteiger partial charge in [-0.3, -0.25) is 4.79 Å². The fraction of sp³-hybridized carbons (Fsp3) is 0.0556. The number of pyridine rings is 2. The van der Waals surface area contributed by atoms with Gasteiger partial charge in [0, 0.05) is 22.3 Å². The summed E-state index contributed by atoms with van der Waals surface area (Å²) in [6.45, 7) is 1.95. The average molecular weight is 356 g/mol. The van der Waals surface area contributed by atoms with E-state index >= 15 is 0 Å². The maximum Gasteiger partial charge on any atom is 0.259 e. The van der Waals surface area contributed by atoms with E-state index in [1.165, 1.54) is 11.8 Å². The zero-order chi connectivity index (χ0) is 16.9. The summed E-state index contributed by atoms with van der Waals surface area (Å²) in [5, 5.41) is 4.10. The number of rotatable bonds is 4. The molecule has 1 amide bonds. The first-order chi connectivity index (χ1) is 11.6.